The van der Waals surface area contributed by atoms with Crippen LogP contribution in [-0.2, 0) is 9.59 Å². The van der Waals surface area contributed by atoms with Gasteiger partial charge in [0.1, 0.15) is 17.6 Å². The topological polar surface area (TPSA) is 98.7 Å². The number of hydrogen-bond acceptors (Lipinski definition) is 6. The van der Waals surface area contributed by atoms with Gasteiger partial charge in [-0.15, -0.1) is 0 Å². The Morgan fingerprint density at radius 3 is 2.36 bits per heavy atom. The van der Waals surface area contributed by atoms with Crippen molar-refractivity contribution in [2.75, 3.05) is 19.4 Å². The van der Waals surface area contributed by atoms with Crippen molar-refractivity contribution in [1.29, 1.82) is 0 Å². The van der Waals surface area contributed by atoms with Crippen molar-refractivity contribution >= 4 is 34.8 Å². The molecule has 8 heteroatoms. The van der Waals surface area contributed by atoms with Crippen LogP contribution in [0.25, 0.3) is 0 Å². The van der Waals surface area contributed by atoms with Crippen LogP contribution in [0.1, 0.15) is 49.4 Å². The Hall–Kier alpha value is -2.12. The first-order chi connectivity index (χ1) is 13.1. The molecule has 0 radical (unpaired) electrons. The standard InChI is InChI=1S/C20H26ClN3O4/c1-20(9-5-4-6-10-20)23-15-14(17(26)18(15)27)22-12-8-7-11(21)13(16(12)25)19(28)24(2)3/h7-8,14-15,22-23,25H,4-6,9-10H2,1-3H3. The summed E-state index contributed by atoms with van der Waals surface area (Å²) in [7, 11) is 3.11. The Balaban J connectivity index is 1.82. The molecule has 0 aromatic heterocycles. The van der Waals surface area contributed by atoms with Gasteiger partial charge in [-0.1, -0.05) is 30.9 Å². The highest BCUT2D eigenvalue weighted by Gasteiger charge is 2.51. The van der Waals surface area contributed by atoms with Gasteiger partial charge in [-0.25, -0.2) is 0 Å². The normalized spacial score (nSPS) is 23.9. The van der Waals surface area contributed by atoms with E-state index in [1.54, 1.807) is 14.1 Å². The van der Waals surface area contributed by atoms with Gasteiger partial charge >= 0.3 is 0 Å². The second kappa shape index (κ2) is 7.72. The molecule has 3 N–H and O–H groups in total. The number of anilines is 1. The van der Waals surface area contributed by atoms with Crippen LogP contribution in [0.15, 0.2) is 12.1 Å². The van der Waals surface area contributed by atoms with Crippen molar-refractivity contribution in [2.45, 2.75) is 56.7 Å². The second-order valence-electron chi connectivity index (χ2n) is 8.11. The minimum atomic E-state index is -0.791. The third-order valence-corrected chi connectivity index (χ3v) is 5.98. The molecule has 1 amide bonds. The van der Waals surface area contributed by atoms with Crippen molar-refractivity contribution < 1.29 is 19.5 Å². The average Bonchev–Trinajstić information content (AvgIpc) is 2.66. The smallest absolute Gasteiger partial charge is 0.258 e. The molecule has 3 rings (SSSR count). The van der Waals surface area contributed by atoms with E-state index in [1.165, 1.54) is 23.5 Å². The summed E-state index contributed by atoms with van der Waals surface area (Å²) in [6.45, 7) is 2.08. The summed E-state index contributed by atoms with van der Waals surface area (Å²) in [5.41, 5.74) is -0.0348. The molecule has 2 fully saturated rings. The van der Waals surface area contributed by atoms with E-state index in [0.717, 1.165) is 25.7 Å². The predicted octanol–water partition coefficient (Wildman–Crippen LogP) is 2.36. The lowest BCUT2D eigenvalue weighted by Gasteiger charge is -2.43. The zero-order chi connectivity index (χ0) is 20.6. The zero-order valence-corrected chi connectivity index (χ0v) is 17.1. The number of aromatic hydroxyl groups is 1. The molecule has 0 aliphatic heterocycles. The monoisotopic (exact) mass is 407 g/mol. The lowest BCUT2D eigenvalue weighted by Crippen LogP contribution is -2.70. The van der Waals surface area contributed by atoms with Crippen molar-refractivity contribution in [3.05, 3.63) is 22.7 Å². The maximum Gasteiger partial charge on any atom is 0.258 e. The Bertz CT molecular complexity index is 818. The van der Waals surface area contributed by atoms with Gasteiger partial charge in [0.15, 0.2) is 5.75 Å². The third kappa shape index (κ3) is 3.73. The van der Waals surface area contributed by atoms with Crippen LogP contribution in [-0.4, -0.2) is 59.2 Å². The molecule has 0 spiro atoms. The fraction of sp³-hybridized carbons (Fsp3) is 0.550. The molecule has 2 aliphatic rings. The van der Waals surface area contributed by atoms with E-state index in [2.05, 4.69) is 17.6 Å². The number of hydrogen-bond donors (Lipinski definition) is 3. The second-order valence-corrected chi connectivity index (χ2v) is 8.52. The molecule has 0 bridgehead atoms. The minimum absolute atomic E-state index is 0.0430. The highest BCUT2D eigenvalue weighted by molar-refractivity contribution is 6.49. The van der Waals surface area contributed by atoms with E-state index in [9.17, 15) is 19.5 Å². The van der Waals surface area contributed by atoms with E-state index >= 15 is 0 Å². The van der Waals surface area contributed by atoms with Crippen molar-refractivity contribution in [2.24, 2.45) is 0 Å². The van der Waals surface area contributed by atoms with Crippen molar-refractivity contribution in [1.82, 2.24) is 10.2 Å². The first kappa shape index (κ1) is 20.6. The molecular formula is C20H26ClN3O4. The highest BCUT2D eigenvalue weighted by Crippen LogP contribution is 2.36. The summed E-state index contributed by atoms with van der Waals surface area (Å²) in [5, 5.41) is 17.0. The number of phenols is 1. The number of Topliss-reactive ketones (excluding diaryl/α,β-unsaturated/α-hetero) is 2. The van der Waals surface area contributed by atoms with E-state index < -0.39 is 29.6 Å². The summed E-state index contributed by atoms with van der Waals surface area (Å²) in [6.07, 6.45) is 5.25. The van der Waals surface area contributed by atoms with Gasteiger partial charge < -0.3 is 15.3 Å². The Morgan fingerprint density at radius 1 is 1.14 bits per heavy atom. The van der Waals surface area contributed by atoms with Gasteiger partial charge in [-0.05, 0) is 31.9 Å². The van der Waals surface area contributed by atoms with E-state index in [-0.39, 0.29) is 27.6 Å². The number of rotatable bonds is 5. The largest absolute Gasteiger partial charge is 0.505 e. The van der Waals surface area contributed by atoms with Gasteiger partial charge in [0, 0.05) is 19.6 Å². The van der Waals surface area contributed by atoms with Gasteiger partial charge in [-0.3, -0.25) is 19.7 Å². The number of nitrogens with one attached hydrogen (secondary N) is 2. The molecular weight excluding hydrogens is 382 g/mol. The molecule has 152 valence electrons. The van der Waals surface area contributed by atoms with Crippen LogP contribution in [0, 0.1) is 0 Å². The highest BCUT2D eigenvalue weighted by atomic mass is 35.5. The first-order valence-electron chi connectivity index (χ1n) is 9.50. The number of phenolic OH excluding ortho intramolecular Hbond substituents is 1. The zero-order valence-electron chi connectivity index (χ0n) is 16.3. The van der Waals surface area contributed by atoms with Gasteiger partial charge in [0.25, 0.3) is 5.91 Å². The van der Waals surface area contributed by atoms with Crippen LogP contribution >= 0.6 is 11.6 Å². The van der Waals surface area contributed by atoms with Crippen LogP contribution in [0.4, 0.5) is 5.69 Å². The molecule has 1 aromatic carbocycles. The molecule has 0 saturated heterocycles. The van der Waals surface area contributed by atoms with Crippen molar-refractivity contribution in [3.8, 4) is 5.75 Å². The maximum absolute atomic E-state index is 12.3. The number of ketones is 2. The average molecular weight is 408 g/mol. The molecule has 2 atom stereocenters. The molecule has 0 heterocycles. The lowest BCUT2D eigenvalue weighted by molar-refractivity contribution is -0.146. The fourth-order valence-corrected chi connectivity index (χ4v) is 4.17. The van der Waals surface area contributed by atoms with Crippen LogP contribution in [0.3, 0.4) is 0 Å². The van der Waals surface area contributed by atoms with Gasteiger partial charge in [0.05, 0.1) is 10.7 Å². The summed E-state index contributed by atoms with van der Waals surface area (Å²) >= 11 is 6.08. The van der Waals surface area contributed by atoms with Crippen molar-refractivity contribution in [3.63, 3.8) is 0 Å². The summed E-state index contributed by atoms with van der Waals surface area (Å²) in [4.78, 5) is 38.0. The molecule has 28 heavy (non-hydrogen) atoms. The third-order valence-electron chi connectivity index (χ3n) is 5.66. The molecule has 1 aromatic rings. The van der Waals surface area contributed by atoms with Crippen LogP contribution in [0.5, 0.6) is 5.75 Å². The van der Waals surface area contributed by atoms with Gasteiger partial charge in [0.2, 0.25) is 11.6 Å². The molecule has 2 saturated carbocycles. The van der Waals surface area contributed by atoms with E-state index in [4.69, 9.17) is 11.6 Å². The molecule has 2 unspecified atom stereocenters. The van der Waals surface area contributed by atoms with Crippen LogP contribution in [0.2, 0.25) is 5.02 Å². The number of benzene rings is 1. The Kier molecular flexibility index (Phi) is 5.68. The minimum Gasteiger partial charge on any atom is -0.505 e. The fourth-order valence-electron chi connectivity index (χ4n) is 3.94. The Morgan fingerprint density at radius 2 is 1.75 bits per heavy atom. The Labute approximate surface area is 169 Å². The number of carbonyl (C=O) groups is 3. The number of carbonyl (C=O) groups excluding carboxylic acids is 3. The van der Waals surface area contributed by atoms with E-state index in [0.29, 0.717) is 0 Å². The molecule has 2 aliphatic carbocycles. The molecule has 7 nitrogen and oxygen atoms in total. The maximum atomic E-state index is 12.3. The van der Waals surface area contributed by atoms with Crippen LogP contribution < -0.4 is 10.6 Å². The predicted molar refractivity (Wildman–Crippen MR) is 107 cm³/mol. The SMILES string of the molecule is CN(C)C(=O)c1c(Cl)ccc(NC2C(=O)C(=O)C2NC2(C)CCCCC2)c1O. The van der Waals surface area contributed by atoms with Gasteiger partial charge in [-0.2, -0.15) is 0 Å². The number of amides is 1. The lowest BCUT2D eigenvalue weighted by atomic mass is 9.77. The summed E-state index contributed by atoms with van der Waals surface area (Å²) < 4.78 is 0. The summed E-state index contributed by atoms with van der Waals surface area (Å²) in [5.74, 6) is -1.78. The first-order valence-corrected chi connectivity index (χ1v) is 9.88. The number of halogens is 1. The van der Waals surface area contributed by atoms with E-state index in [1.807, 2.05) is 0 Å². The summed E-state index contributed by atoms with van der Waals surface area (Å²) in [6, 6.07) is 1.54. The quantitative estimate of drug-likeness (QED) is 0.512. The number of nitrogens with zero attached hydrogens (tertiary/aromatic N) is 1.